The molecular weight excluding hydrogens is 737 g/mol. The van der Waals surface area contributed by atoms with Crippen LogP contribution in [-0.4, -0.2) is 0 Å². The Morgan fingerprint density at radius 3 is 1.54 bits per heavy atom. The molecule has 0 aromatic heterocycles. The van der Waals surface area contributed by atoms with Gasteiger partial charge in [0.1, 0.15) is 0 Å². The van der Waals surface area contributed by atoms with Crippen LogP contribution in [0.1, 0.15) is 36.1 Å². The van der Waals surface area contributed by atoms with E-state index < -0.39 is 0 Å². The van der Waals surface area contributed by atoms with Crippen molar-refractivity contribution in [2.75, 3.05) is 9.80 Å². The van der Waals surface area contributed by atoms with Crippen molar-refractivity contribution in [2.24, 2.45) is 0 Å². The van der Waals surface area contributed by atoms with Gasteiger partial charge in [0.2, 0.25) is 0 Å². The Morgan fingerprint density at radius 2 is 0.820 bits per heavy atom. The number of anilines is 6. The Kier molecular flexibility index (Phi) is 8.86. The Balaban J connectivity index is 0.925. The lowest BCUT2D eigenvalue weighted by atomic mass is 9.81. The summed E-state index contributed by atoms with van der Waals surface area (Å²) < 4.78 is 0. The molecule has 0 heterocycles. The molecule has 2 heteroatoms. The molecule has 0 fully saturated rings. The SMILES string of the molecule is CC1(C)c2cc(/C=C/c3ccc(N(c4ccc5ccccc5c4)c4cc5ccccc5c5ccccc45)cc3)ccc2-c2ccc(N(c3ccccc3)c3ccccc3)cc21. The van der Waals surface area contributed by atoms with Crippen LogP contribution < -0.4 is 9.80 Å². The highest BCUT2D eigenvalue weighted by Gasteiger charge is 2.36. The molecule has 0 spiro atoms. The monoisotopic (exact) mass is 780 g/mol. The summed E-state index contributed by atoms with van der Waals surface area (Å²) in [6.45, 7) is 4.73. The van der Waals surface area contributed by atoms with E-state index in [9.17, 15) is 0 Å². The van der Waals surface area contributed by atoms with Crippen molar-refractivity contribution in [3.63, 3.8) is 0 Å². The third kappa shape index (κ3) is 6.45. The second kappa shape index (κ2) is 14.9. The van der Waals surface area contributed by atoms with Gasteiger partial charge in [0.25, 0.3) is 0 Å². The van der Waals surface area contributed by atoms with Crippen LogP contribution in [0.25, 0.3) is 55.6 Å². The highest BCUT2D eigenvalue weighted by molar-refractivity contribution is 6.14. The van der Waals surface area contributed by atoms with E-state index in [4.69, 9.17) is 0 Å². The number of fused-ring (bicyclic) bond motifs is 7. The van der Waals surface area contributed by atoms with Crippen molar-refractivity contribution < 1.29 is 0 Å². The molecule has 0 saturated carbocycles. The summed E-state index contributed by atoms with van der Waals surface area (Å²) in [4.78, 5) is 4.77. The molecular formula is C59H44N2. The molecule has 0 radical (unpaired) electrons. The fourth-order valence-corrected chi connectivity index (χ4v) is 9.48. The van der Waals surface area contributed by atoms with Crippen LogP contribution in [0.3, 0.4) is 0 Å². The zero-order valence-electron chi connectivity index (χ0n) is 34.3. The van der Waals surface area contributed by atoms with Crippen molar-refractivity contribution >= 4 is 78.6 Å². The molecule has 0 saturated heterocycles. The largest absolute Gasteiger partial charge is 0.310 e. The first kappa shape index (κ1) is 36.4. The van der Waals surface area contributed by atoms with Crippen LogP contribution in [-0.2, 0) is 5.41 Å². The minimum absolute atomic E-state index is 0.162. The Bertz CT molecular complexity index is 3230. The third-order valence-corrected chi connectivity index (χ3v) is 12.6. The number of hydrogen-bond donors (Lipinski definition) is 0. The maximum Gasteiger partial charge on any atom is 0.0546 e. The van der Waals surface area contributed by atoms with Crippen molar-refractivity contribution in [2.45, 2.75) is 19.3 Å². The van der Waals surface area contributed by atoms with Gasteiger partial charge in [0.05, 0.1) is 5.69 Å². The molecule has 61 heavy (non-hydrogen) atoms. The second-order valence-electron chi connectivity index (χ2n) is 16.6. The van der Waals surface area contributed by atoms with Gasteiger partial charge >= 0.3 is 0 Å². The van der Waals surface area contributed by atoms with Gasteiger partial charge in [-0.25, -0.2) is 0 Å². The molecule has 1 aliphatic rings. The van der Waals surface area contributed by atoms with E-state index in [2.05, 4.69) is 254 Å². The fourth-order valence-electron chi connectivity index (χ4n) is 9.48. The van der Waals surface area contributed by atoms with Crippen LogP contribution in [0.15, 0.2) is 218 Å². The van der Waals surface area contributed by atoms with Crippen molar-refractivity contribution in [3.05, 3.63) is 241 Å². The summed E-state index contributed by atoms with van der Waals surface area (Å²) in [7, 11) is 0. The summed E-state index contributed by atoms with van der Waals surface area (Å²) in [5.41, 5.74) is 14.4. The van der Waals surface area contributed by atoms with E-state index in [1.165, 1.54) is 60.1 Å². The first-order valence-electron chi connectivity index (χ1n) is 21.2. The van der Waals surface area contributed by atoms with E-state index >= 15 is 0 Å². The van der Waals surface area contributed by atoms with Crippen LogP contribution >= 0.6 is 0 Å². The van der Waals surface area contributed by atoms with Gasteiger partial charge in [-0.3, -0.25) is 0 Å². The third-order valence-electron chi connectivity index (χ3n) is 12.6. The van der Waals surface area contributed by atoms with Gasteiger partial charge in [-0.05, 0) is 127 Å². The normalized spacial score (nSPS) is 12.8. The van der Waals surface area contributed by atoms with Crippen molar-refractivity contribution in [1.82, 2.24) is 0 Å². The smallest absolute Gasteiger partial charge is 0.0546 e. The van der Waals surface area contributed by atoms with E-state index in [0.717, 1.165) is 39.7 Å². The summed E-state index contributed by atoms with van der Waals surface area (Å²) >= 11 is 0. The molecule has 10 aromatic carbocycles. The molecule has 290 valence electrons. The summed E-state index contributed by atoms with van der Waals surface area (Å²) in [6.07, 6.45) is 4.49. The van der Waals surface area contributed by atoms with Crippen LogP contribution in [0.4, 0.5) is 34.1 Å². The molecule has 2 nitrogen and oxygen atoms in total. The maximum absolute atomic E-state index is 2.42. The zero-order chi connectivity index (χ0) is 40.9. The average molecular weight is 781 g/mol. The lowest BCUT2D eigenvalue weighted by molar-refractivity contribution is 0.660. The first-order chi connectivity index (χ1) is 30.0. The van der Waals surface area contributed by atoms with E-state index in [0.29, 0.717) is 0 Å². The maximum atomic E-state index is 2.42. The standard InChI is InChI=1S/C59H44N2/c1-59(2)56-37-42(29-35-53(56)54-36-34-50(40-57(54)59)60(46-18-5-3-6-19-46)47-20-7-4-8-21-47)26-25-41-27-31-48(32-28-41)61(49-33-30-43-15-9-10-16-44(43)38-49)58-39-45-17-11-12-22-51(45)52-23-13-14-24-55(52)58/h3-40H,1-2H3/b26-25+. The van der Waals surface area contributed by atoms with E-state index in [-0.39, 0.29) is 5.41 Å². The van der Waals surface area contributed by atoms with Crippen molar-refractivity contribution in [3.8, 4) is 11.1 Å². The summed E-state index contributed by atoms with van der Waals surface area (Å²) in [5.74, 6) is 0. The van der Waals surface area contributed by atoms with E-state index in [1.54, 1.807) is 0 Å². The Hall–Kier alpha value is -7.68. The number of benzene rings is 10. The number of nitrogens with zero attached hydrogens (tertiary/aromatic N) is 2. The zero-order valence-corrected chi connectivity index (χ0v) is 34.3. The van der Waals surface area contributed by atoms with Gasteiger partial charge in [-0.15, -0.1) is 0 Å². The summed E-state index contributed by atoms with van der Waals surface area (Å²) in [6, 6.07) is 79.5. The topological polar surface area (TPSA) is 6.48 Å². The molecule has 0 atom stereocenters. The number of rotatable bonds is 8. The Labute approximate surface area is 357 Å². The average Bonchev–Trinajstić information content (AvgIpc) is 3.54. The van der Waals surface area contributed by atoms with Crippen LogP contribution in [0.2, 0.25) is 0 Å². The number of hydrogen-bond acceptors (Lipinski definition) is 2. The molecule has 11 rings (SSSR count). The molecule has 0 unspecified atom stereocenters. The minimum Gasteiger partial charge on any atom is -0.310 e. The lowest BCUT2D eigenvalue weighted by Crippen LogP contribution is -2.16. The van der Waals surface area contributed by atoms with Crippen LogP contribution in [0, 0.1) is 0 Å². The molecule has 1 aliphatic carbocycles. The van der Waals surface area contributed by atoms with E-state index in [1.807, 2.05) is 0 Å². The summed E-state index contributed by atoms with van der Waals surface area (Å²) in [5, 5.41) is 7.42. The predicted octanol–water partition coefficient (Wildman–Crippen LogP) is 16.6. The van der Waals surface area contributed by atoms with Crippen molar-refractivity contribution in [1.29, 1.82) is 0 Å². The predicted molar refractivity (Wildman–Crippen MR) is 261 cm³/mol. The Morgan fingerprint density at radius 1 is 0.328 bits per heavy atom. The van der Waals surface area contributed by atoms with Gasteiger partial charge < -0.3 is 9.80 Å². The first-order valence-corrected chi connectivity index (χ1v) is 21.2. The minimum atomic E-state index is -0.162. The molecule has 0 bridgehead atoms. The highest BCUT2D eigenvalue weighted by Crippen LogP contribution is 2.51. The lowest BCUT2D eigenvalue weighted by Gasteiger charge is -2.28. The quantitative estimate of drug-likeness (QED) is 0.112. The fraction of sp³-hybridized carbons (Fsp3) is 0.0508. The van der Waals surface area contributed by atoms with Gasteiger partial charge in [0.15, 0.2) is 0 Å². The van der Waals surface area contributed by atoms with Crippen LogP contribution in [0.5, 0.6) is 0 Å². The second-order valence-corrected chi connectivity index (χ2v) is 16.6. The highest BCUT2D eigenvalue weighted by atomic mass is 15.1. The molecule has 10 aromatic rings. The molecule has 0 N–H and O–H groups in total. The number of para-hydroxylation sites is 2. The van der Waals surface area contributed by atoms with Gasteiger partial charge in [-0.2, -0.15) is 0 Å². The van der Waals surface area contributed by atoms with Gasteiger partial charge in [-0.1, -0.05) is 178 Å². The van der Waals surface area contributed by atoms with Gasteiger partial charge in [0, 0.05) is 39.2 Å². The molecule has 0 amide bonds. The molecule has 0 aliphatic heterocycles.